The molecule has 0 fully saturated rings. The highest BCUT2D eigenvalue weighted by molar-refractivity contribution is 9.08. The van der Waals surface area contributed by atoms with Gasteiger partial charge in [-0.3, -0.25) is 10.1 Å². The third-order valence-electron chi connectivity index (χ3n) is 2.05. The van der Waals surface area contributed by atoms with Crippen molar-refractivity contribution in [3.05, 3.63) is 39.4 Å². The molecule has 1 aromatic rings. The molecule has 0 bridgehead atoms. The molecule has 0 aliphatic heterocycles. The van der Waals surface area contributed by atoms with Crippen molar-refractivity contribution in [2.45, 2.75) is 31.7 Å². The van der Waals surface area contributed by atoms with Crippen LogP contribution >= 0.6 is 15.9 Å². The zero-order chi connectivity index (χ0) is 13.9. The van der Waals surface area contributed by atoms with Crippen LogP contribution in [0.1, 0.15) is 36.7 Å². The minimum absolute atomic E-state index is 0.0146. The largest absolute Gasteiger partial charge is 0.456 e. The Hall–Kier alpha value is -1.43. The summed E-state index contributed by atoms with van der Waals surface area (Å²) >= 11 is 3.16. The smallest absolute Gasteiger partial charge is 0.338 e. The summed E-state index contributed by atoms with van der Waals surface area (Å²) in [4.78, 5) is 22.1. The number of nitro benzene ring substituents is 1. The number of nitrogens with zero attached hydrogens (tertiary/aromatic N) is 1. The fraction of sp³-hybridized carbons (Fsp3) is 0.417. The van der Waals surface area contributed by atoms with E-state index in [-0.39, 0.29) is 5.69 Å². The van der Waals surface area contributed by atoms with Gasteiger partial charge in [0, 0.05) is 17.0 Å². The summed E-state index contributed by atoms with van der Waals surface area (Å²) in [6, 6.07) is 4.19. The topological polar surface area (TPSA) is 69.4 Å². The van der Waals surface area contributed by atoms with Crippen LogP contribution in [0, 0.1) is 10.1 Å². The maximum atomic E-state index is 11.8. The van der Waals surface area contributed by atoms with Gasteiger partial charge in [0.2, 0.25) is 0 Å². The van der Waals surface area contributed by atoms with E-state index in [0.717, 1.165) is 0 Å². The van der Waals surface area contributed by atoms with E-state index in [1.165, 1.54) is 18.2 Å². The highest BCUT2D eigenvalue weighted by atomic mass is 79.9. The van der Waals surface area contributed by atoms with Crippen LogP contribution in [0.5, 0.6) is 0 Å². The molecular formula is C12H14BrNO4. The van der Waals surface area contributed by atoms with Gasteiger partial charge in [-0.05, 0) is 32.9 Å². The molecule has 0 amide bonds. The molecule has 18 heavy (non-hydrogen) atoms. The minimum atomic E-state index is -0.590. The molecule has 0 aromatic heterocycles. The molecule has 0 saturated heterocycles. The Bertz CT molecular complexity index is 479. The first-order valence-corrected chi connectivity index (χ1v) is 6.43. The van der Waals surface area contributed by atoms with E-state index in [2.05, 4.69) is 15.9 Å². The molecule has 0 radical (unpaired) electrons. The first-order valence-electron chi connectivity index (χ1n) is 5.31. The quantitative estimate of drug-likeness (QED) is 0.371. The SMILES string of the molecule is CC(C)(C)OC(=O)c1ccc([N+](=O)[O-])c(CBr)c1. The maximum absolute atomic E-state index is 11.8. The molecule has 0 heterocycles. The molecule has 5 nitrogen and oxygen atoms in total. The lowest BCUT2D eigenvalue weighted by molar-refractivity contribution is -0.385. The van der Waals surface area contributed by atoms with Crippen molar-refractivity contribution in [2.75, 3.05) is 0 Å². The van der Waals surface area contributed by atoms with Gasteiger partial charge < -0.3 is 4.74 Å². The van der Waals surface area contributed by atoms with Gasteiger partial charge in [0.15, 0.2) is 0 Å². The zero-order valence-electron chi connectivity index (χ0n) is 10.4. The molecule has 0 aliphatic rings. The van der Waals surface area contributed by atoms with Gasteiger partial charge >= 0.3 is 5.97 Å². The summed E-state index contributed by atoms with van der Waals surface area (Å²) in [6.45, 7) is 5.30. The van der Waals surface area contributed by atoms with E-state index in [0.29, 0.717) is 16.5 Å². The number of esters is 1. The molecule has 6 heteroatoms. The van der Waals surface area contributed by atoms with Crippen LogP contribution in [0.4, 0.5) is 5.69 Å². The number of nitro groups is 1. The number of carbonyl (C=O) groups excluding carboxylic acids is 1. The normalized spacial score (nSPS) is 11.1. The molecule has 0 aliphatic carbocycles. The molecule has 98 valence electrons. The van der Waals surface area contributed by atoms with E-state index >= 15 is 0 Å². The number of alkyl halides is 1. The second-order valence-corrected chi connectivity index (χ2v) is 5.30. The van der Waals surface area contributed by atoms with Crippen molar-refractivity contribution < 1.29 is 14.5 Å². The van der Waals surface area contributed by atoms with Crippen molar-refractivity contribution in [1.82, 2.24) is 0 Å². The fourth-order valence-electron chi connectivity index (χ4n) is 1.33. The Morgan fingerprint density at radius 1 is 1.44 bits per heavy atom. The van der Waals surface area contributed by atoms with E-state index in [1.54, 1.807) is 20.8 Å². The lowest BCUT2D eigenvalue weighted by Crippen LogP contribution is -2.24. The molecule has 1 rings (SSSR count). The van der Waals surface area contributed by atoms with E-state index in [4.69, 9.17) is 4.74 Å². The van der Waals surface area contributed by atoms with E-state index < -0.39 is 16.5 Å². The number of benzene rings is 1. The van der Waals surface area contributed by atoms with Crippen LogP contribution in [0.2, 0.25) is 0 Å². The van der Waals surface area contributed by atoms with Crippen LogP contribution in [0.3, 0.4) is 0 Å². The highest BCUT2D eigenvalue weighted by Gasteiger charge is 2.20. The highest BCUT2D eigenvalue weighted by Crippen LogP contribution is 2.23. The average Bonchev–Trinajstić information content (AvgIpc) is 2.25. The number of hydrogen-bond donors (Lipinski definition) is 0. The first kappa shape index (κ1) is 14.6. The third kappa shape index (κ3) is 3.80. The molecule has 0 atom stereocenters. The predicted molar refractivity (Wildman–Crippen MR) is 70.9 cm³/mol. The Labute approximate surface area is 113 Å². The van der Waals surface area contributed by atoms with Crippen LogP contribution in [0.15, 0.2) is 18.2 Å². The lowest BCUT2D eigenvalue weighted by Gasteiger charge is -2.19. The Morgan fingerprint density at radius 2 is 2.06 bits per heavy atom. The van der Waals surface area contributed by atoms with Gasteiger partial charge in [-0.15, -0.1) is 0 Å². The second kappa shape index (κ2) is 5.48. The maximum Gasteiger partial charge on any atom is 0.338 e. The monoisotopic (exact) mass is 315 g/mol. The van der Waals surface area contributed by atoms with Gasteiger partial charge in [0.25, 0.3) is 5.69 Å². The third-order valence-corrected chi connectivity index (χ3v) is 2.66. The fourth-order valence-corrected chi connectivity index (χ4v) is 1.78. The first-order chi connectivity index (χ1) is 8.24. The van der Waals surface area contributed by atoms with Crippen LogP contribution in [0.25, 0.3) is 0 Å². The molecule has 0 saturated carbocycles. The summed E-state index contributed by atoms with van der Waals surface area (Å²) in [5, 5.41) is 11.1. The van der Waals surface area contributed by atoms with Crippen LogP contribution in [-0.4, -0.2) is 16.5 Å². The summed E-state index contributed by atoms with van der Waals surface area (Å²) < 4.78 is 5.20. The molecule has 1 aromatic carbocycles. The predicted octanol–water partition coefficient (Wildman–Crippen LogP) is 3.45. The van der Waals surface area contributed by atoms with Crippen LogP contribution in [-0.2, 0) is 10.1 Å². The van der Waals surface area contributed by atoms with Gasteiger partial charge in [0.1, 0.15) is 5.60 Å². The Balaban J connectivity index is 3.06. The number of rotatable bonds is 3. The number of carbonyl (C=O) groups is 1. The summed E-state index contributed by atoms with van der Waals surface area (Å²) in [5.74, 6) is -0.486. The Morgan fingerprint density at radius 3 is 2.50 bits per heavy atom. The lowest BCUT2D eigenvalue weighted by atomic mass is 10.1. The van der Waals surface area contributed by atoms with E-state index in [1.807, 2.05) is 0 Å². The molecular weight excluding hydrogens is 302 g/mol. The summed E-state index contributed by atoms with van der Waals surface area (Å²) in [7, 11) is 0. The number of hydrogen-bond acceptors (Lipinski definition) is 4. The van der Waals surface area contributed by atoms with Gasteiger partial charge in [-0.2, -0.15) is 0 Å². The summed E-state index contributed by atoms with van der Waals surface area (Å²) in [5.41, 5.74) is 0.153. The summed E-state index contributed by atoms with van der Waals surface area (Å²) in [6.07, 6.45) is 0. The zero-order valence-corrected chi connectivity index (χ0v) is 12.0. The van der Waals surface area contributed by atoms with Gasteiger partial charge in [-0.25, -0.2) is 4.79 Å². The number of halogens is 1. The van der Waals surface area contributed by atoms with Gasteiger partial charge in [-0.1, -0.05) is 15.9 Å². The van der Waals surface area contributed by atoms with Crippen molar-refractivity contribution in [1.29, 1.82) is 0 Å². The van der Waals surface area contributed by atoms with Crippen molar-refractivity contribution >= 4 is 27.6 Å². The van der Waals surface area contributed by atoms with Crippen molar-refractivity contribution in [3.63, 3.8) is 0 Å². The Kier molecular flexibility index (Phi) is 4.45. The minimum Gasteiger partial charge on any atom is -0.456 e. The molecule has 0 spiro atoms. The van der Waals surface area contributed by atoms with Crippen LogP contribution < -0.4 is 0 Å². The standard InChI is InChI=1S/C12H14BrNO4/c1-12(2,3)18-11(15)8-4-5-10(14(16)17)9(6-8)7-13/h4-6H,7H2,1-3H3. The second-order valence-electron chi connectivity index (χ2n) is 4.74. The van der Waals surface area contributed by atoms with Crippen molar-refractivity contribution in [2.24, 2.45) is 0 Å². The average molecular weight is 316 g/mol. The molecule has 0 unspecified atom stereocenters. The van der Waals surface area contributed by atoms with Crippen molar-refractivity contribution in [3.8, 4) is 0 Å². The van der Waals surface area contributed by atoms with Gasteiger partial charge in [0.05, 0.1) is 10.5 Å². The molecule has 0 N–H and O–H groups in total. The number of ether oxygens (including phenoxy) is 1. The van der Waals surface area contributed by atoms with E-state index in [9.17, 15) is 14.9 Å².